The molecule has 18 heavy (non-hydrogen) atoms. The van der Waals surface area contributed by atoms with Gasteiger partial charge in [-0.3, -0.25) is 0 Å². The van der Waals surface area contributed by atoms with Gasteiger partial charge in [0.05, 0.1) is 16.3 Å². The van der Waals surface area contributed by atoms with Crippen LogP contribution in [0.4, 0.5) is 0 Å². The first-order valence-electron chi connectivity index (χ1n) is 6.15. The summed E-state index contributed by atoms with van der Waals surface area (Å²) < 4.78 is 5.55. The van der Waals surface area contributed by atoms with Crippen molar-refractivity contribution in [3.63, 3.8) is 0 Å². The molecule has 0 unspecified atom stereocenters. The molecule has 1 heterocycles. The molecular formula is C14H13Cl2NO. The number of aromatic nitrogens is 1. The van der Waals surface area contributed by atoms with Gasteiger partial charge in [-0.15, -0.1) is 0 Å². The second-order valence-corrected chi connectivity index (χ2v) is 5.53. The largest absolute Gasteiger partial charge is 0.444 e. The van der Waals surface area contributed by atoms with E-state index in [4.69, 9.17) is 27.6 Å². The van der Waals surface area contributed by atoms with E-state index in [1.807, 2.05) is 6.07 Å². The van der Waals surface area contributed by atoms with Crippen LogP contribution in [0.3, 0.4) is 0 Å². The fourth-order valence-electron chi connectivity index (χ4n) is 2.48. The molecule has 2 aromatic rings. The Kier molecular flexibility index (Phi) is 3.31. The minimum atomic E-state index is 0.550. The van der Waals surface area contributed by atoms with E-state index in [0.717, 1.165) is 11.3 Å². The summed E-state index contributed by atoms with van der Waals surface area (Å²) in [5, 5.41) is 1.19. The van der Waals surface area contributed by atoms with Gasteiger partial charge in [0, 0.05) is 10.9 Å². The lowest BCUT2D eigenvalue weighted by Crippen LogP contribution is -1.92. The standard InChI is InChI=1S/C14H13Cl2NO/c15-10-5-6-11(12(16)7-10)14-17-13(8-18-14)9-3-1-2-4-9/h5-9H,1-4H2. The molecule has 2 nitrogen and oxygen atoms in total. The van der Waals surface area contributed by atoms with Gasteiger partial charge in [0.25, 0.3) is 0 Å². The normalized spacial score (nSPS) is 16.3. The van der Waals surface area contributed by atoms with Crippen LogP contribution in [0.5, 0.6) is 0 Å². The average molecular weight is 282 g/mol. The molecular weight excluding hydrogens is 269 g/mol. The van der Waals surface area contributed by atoms with Crippen molar-refractivity contribution in [2.45, 2.75) is 31.6 Å². The third-order valence-corrected chi connectivity index (χ3v) is 4.00. The molecule has 0 spiro atoms. The Labute approximate surface area is 116 Å². The first-order valence-corrected chi connectivity index (χ1v) is 6.90. The van der Waals surface area contributed by atoms with Crippen LogP contribution in [0.25, 0.3) is 11.5 Å². The Morgan fingerprint density at radius 2 is 1.94 bits per heavy atom. The fourth-order valence-corrected chi connectivity index (χ4v) is 2.97. The van der Waals surface area contributed by atoms with E-state index in [1.54, 1.807) is 18.4 Å². The SMILES string of the molecule is Clc1ccc(-c2nc(C3CCCC3)co2)c(Cl)c1. The Balaban J connectivity index is 1.92. The molecule has 0 saturated heterocycles. The van der Waals surface area contributed by atoms with Crippen molar-refractivity contribution in [3.8, 4) is 11.5 Å². The highest BCUT2D eigenvalue weighted by molar-refractivity contribution is 6.36. The Morgan fingerprint density at radius 3 is 2.67 bits per heavy atom. The van der Waals surface area contributed by atoms with Gasteiger partial charge in [-0.1, -0.05) is 36.0 Å². The molecule has 0 amide bonds. The van der Waals surface area contributed by atoms with E-state index in [0.29, 0.717) is 21.9 Å². The molecule has 94 valence electrons. The van der Waals surface area contributed by atoms with E-state index < -0.39 is 0 Å². The summed E-state index contributed by atoms with van der Waals surface area (Å²) in [7, 11) is 0. The van der Waals surface area contributed by atoms with Crippen molar-refractivity contribution in [1.82, 2.24) is 4.98 Å². The topological polar surface area (TPSA) is 26.0 Å². The second-order valence-electron chi connectivity index (χ2n) is 4.68. The molecule has 0 aliphatic heterocycles. The van der Waals surface area contributed by atoms with Crippen LogP contribution in [0.15, 0.2) is 28.9 Å². The first kappa shape index (κ1) is 12.1. The average Bonchev–Trinajstić information content (AvgIpc) is 2.99. The molecule has 1 aromatic carbocycles. The van der Waals surface area contributed by atoms with Gasteiger partial charge in [0.15, 0.2) is 0 Å². The van der Waals surface area contributed by atoms with Gasteiger partial charge in [-0.25, -0.2) is 4.98 Å². The van der Waals surface area contributed by atoms with E-state index in [1.165, 1.54) is 25.7 Å². The second kappa shape index (κ2) is 4.94. The number of oxazole rings is 1. The fraction of sp³-hybridized carbons (Fsp3) is 0.357. The molecule has 4 heteroatoms. The highest BCUT2D eigenvalue weighted by Gasteiger charge is 2.21. The maximum Gasteiger partial charge on any atom is 0.227 e. The van der Waals surface area contributed by atoms with Crippen molar-refractivity contribution >= 4 is 23.2 Å². The molecule has 1 aliphatic rings. The Bertz CT molecular complexity index is 559. The van der Waals surface area contributed by atoms with Gasteiger partial charge >= 0.3 is 0 Å². The summed E-state index contributed by atoms with van der Waals surface area (Å²) in [6.07, 6.45) is 6.75. The summed E-state index contributed by atoms with van der Waals surface area (Å²) in [4.78, 5) is 4.56. The lowest BCUT2D eigenvalue weighted by molar-refractivity contribution is 0.568. The zero-order chi connectivity index (χ0) is 12.5. The van der Waals surface area contributed by atoms with E-state index in [9.17, 15) is 0 Å². The third-order valence-electron chi connectivity index (χ3n) is 3.46. The Hall–Kier alpha value is -0.990. The lowest BCUT2D eigenvalue weighted by Gasteiger charge is -2.02. The van der Waals surface area contributed by atoms with Crippen LogP contribution in [-0.4, -0.2) is 4.98 Å². The van der Waals surface area contributed by atoms with Crippen LogP contribution in [-0.2, 0) is 0 Å². The van der Waals surface area contributed by atoms with Gasteiger partial charge in [0.2, 0.25) is 5.89 Å². The Morgan fingerprint density at radius 1 is 1.17 bits per heavy atom. The molecule has 0 atom stereocenters. The van der Waals surface area contributed by atoms with Gasteiger partial charge in [-0.05, 0) is 31.0 Å². The highest BCUT2D eigenvalue weighted by Crippen LogP contribution is 2.36. The molecule has 3 rings (SSSR count). The first-order chi connectivity index (χ1) is 8.74. The summed E-state index contributed by atoms with van der Waals surface area (Å²) in [6.45, 7) is 0. The van der Waals surface area contributed by atoms with Crippen LogP contribution < -0.4 is 0 Å². The number of benzene rings is 1. The van der Waals surface area contributed by atoms with E-state index in [2.05, 4.69) is 4.98 Å². The summed E-state index contributed by atoms with van der Waals surface area (Å²) in [5.41, 5.74) is 1.85. The maximum atomic E-state index is 6.15. The van der Waals surface area contributed by atoms with Crippen LogP contribution in [0, 0.1) is 0 Å². The molecule has 0 N–H and O–H groups in total. The quantitative estimate of drug-likeness (QED) is 0.746. The molecule has 1 aliphatic carbocycles. The smallest absolute Gasteiger partial charge is 0.227 e. The molecule has 1 fully saturated rings. The summed E-state index contributed by atoms with van der Waals surface area (Å²) in [5.74, 6) is 1.13. The number of rotatable bonds is 2. The van der Waals surface area contributed by atoms with E-state index in [-0.39, 0.29) is 0 Å². The van der Waals surface area contributed by atoms with Crippen molar-refractivity contribution < 1.29 is 4.42 Å². The van der Waals surface area contributed by atoms with Gasteiger partial charge < -0.3 is 4.42 Å². The van der Waals surface area contributed by atoms with Crippen molar-refractivity contribution in [1.29, 1.82) is 0 Å². The predicted molar refractivity (Wildman–Crippen MR) is 73.2 cm³/mol. The lowest BCUT2D eigenvalue weighted by atomic mass is 10.1. The van der Waals surface area contributed by atoms with Crippen molar-refractivity contribution in [3.05, 3.63) is 40.2 Å². The summed E-state index contributed by atoms with van der Waals surface area (Å²) in [6, 6.07) is 5.34. The van der Waals surface area contributed by atoms with Gasteiger partial charge in [0.1, 0.15) is 6.26 Å². The molecule has 0 radical (unpaired) electrons. The number of hydrogen-bond donors (Lipinski definition) is 0. The number of halogens is 2. The maximum absolute atomic E-state index is 6.15. The zero-order valence-corrected chi connectivity index (χ0v) is 11.3. The van der Waals surface area contributed by atoms with E-state index >= 15 is 0 Å². The minimum Gasteiger partial charge on any atom is -0.444 e. The van der Waals surface area contributed by atoms with Crippen LogP contribution in [0.1, 0.15) is 37.3 Å². The molecule has 1 saturated carbocycles. The highest BCUT2D eigenvalue weighted by atomic mass is 35.5. The molecule has 1 aromatic heterocycles. The summed E-state index contributed by atoms with van der Waals surface area (Å²) >= 11 is 12.0. The van der Waals surface area contributed by atoms with Crippen LogP contribution in [0.2, 0.25) is 10.0 Å². The monoisotopic (exact) mass is 281 g/mol. The number of hydrogen-bond acceptors (Lipinski definition) is 2. The number of nitrogens with zero attached hydrogens (tertiary/aromatic N) is 1. The van der Waals surface area contributed by atoms with Crippen molar-refractivity contribution in [2.75, 3.05) is 0 Å². The third kappa shape index (κ3) is 2.27. The van der Waals surface area contributed by atoms with Gasteiger partial charge in [-0.2, -0.15) is 0 Å². The van der Waals surface area contributed by atoms with Crippen LogP contribution >= 0.6 is 23.2 Å². The minimum absolute atomic E-state index is 0.550. The zero-order valence-electron chi connectivity index (χ0n) is 9.83. The predicted octanol–water partition coefficient (Wildman–Crippen LogP) is 5.31. The molecule has 0 bridgehead atoms. The van der Waals surface area contributed by atoms with Crippen molar-refractivity contribution in [2.24, 2.45) is 0 Å².